The largest absolute Gasteiger partial charge is 0.420 e. The summed E-state index contributed by atoms with van der Waals surface area (Å²) in [5, 5.41) is 0.493. The molecule has 21 heavy (non-hydrogen) atoms. The van der Waals surface area contributed by atoms with Crippen LogP contribution in [-0.2, 0) is 0 Å². The van der Waals surface area contributed by atoms with Crippen molar-refractivity contribution < 1.29 is 9.53 Å². The van der Waals surface area contributed by atoms with E-state index in [0.717, 1.165) is 0 Å². The number of halogens is 2. The summed E-state index contributed by atoms with van der Waals surface area (Å²) in [5.74, 6) is -0.457. The molecule has 3 aromatic rings. The number of hydrogen-bond donors (Lipinski definition) is 0. The second-order valence-corrected chi connectivity index (χ2v) is 4.97. The van der Waals surface area contributed by atoms with Gasteiger partial charge in [-0.05, 0) is 24.3 Å². The summed E-state index contributed by atoms with van der Waals surface area (Å²) >= 11 is 11.8. The third-order valence-electron chi connectivity index (χ3n) is 2.78. The van der Waals surface area contributed by atoms with Crippen LogP contribution in [0.15, 0.2) is 48.7 Å². The molecule has 0 N–H and O–H groups in total. The fourth-order valence-electron chi connectivity index (χ4n) is 1.77. The summed E-state index contributed by atoms with van der Waals surface area (Å²) in [6, 6.07) is 12.1. The zero-order chi connectivity index (χ0) is 14.8. The number of esters is 1. The van der Waals surface area contributed by atoms with Gasteiger partial charge in [0.05, 0.1) is 22.3 Å². The molecular formula is C15H8Cl2N2O2. The van der Waals surface area contributed by atoms with Crippen molar-refractivity contribution in [1.82, 2.24) is 9.97 Å². The lowest BCUT2D eigenvalue weighted by molar-refractivity contribution is 0.0728. The fourth-order valence-corrected chi connectivity index (χ4v) is 2.10. The van der Waals surface area contributed by atoms with Crippen molar-refractivity contribution >= 4 is 40.2 Å². The lowest BCUT2D eigenvalue weighted by atomic mass is 10.3. The van der Waals surface area contributed by atoms with Gasteiger partial charge in [0.15, 0.2) is 11.4 Å². The molecule has 0 bridgehead atoms. The molecule has 4 nitrogen and oxygen atoms in total. The van der Waals surface area contributed by atoms with Gasteiger partial charge < -0.3 is 4.74 Å². The third kappa shape index (κ3) is 2.82. The summed E-state index contributed by atoms with van der Waals surface area (Å²) in [7, 11) is 0. The average Bonchev–Trinajstić information content (AvgIpc) is 2.51. The predicted octanol–water partition coefficient (Wildman–Crippen LogP) is 4.16. The minimum atomic E-state index is -0.641. The van der Waals surface area contributed by atoms with Crippen molar-refractivity contribution in [3.8, 4) is 5.75 Å². The van der Waals surface area contributed by atoms with Crippen LogP contribution in [0, 0.1) is 0 Å². The molecular weight excluding hydrogens is 311 g/mol. The van der Waals surface area contributed by atoms with E-state index in [2.05, 4.69) is 9.97 Å². The zero-order valence-electron chi connectivity index (χ0n) is 10.6. The number of carbonyl (C=O) groups excluding carboxylic acids is 1. The maximum atomic E-state index is 12.1. The van der Waals surface area contributed by atoms with Crippen molar-refractivity contribution in [3.05, 3.63) is 64.4 Å². The molecule has 0 fully saturated rings. The monoisotopic (exact) mass is 318 g/mol. The summed E-state index contributed by atoms with van der Waals surface area (Å²) < 4.78 is 5.20. The van der Waals surface area contributed by atoms with E-state index in [1.807, 2.05) is 18.2 Å². The topological polar surface area (TPSA) is 52.1 Å². The molecule has 3 rings (SSSR count). The Morgan fingerprint density at radius 1 is 1.00 bits per heavy atom. The number of aromatic nitrogens is 2. The van der Waals surface area contributed by atoms with Gasteiger partial charge in [-0.15, -0.1) is 0 Å². The molecule has 0 aliphatic rings. The van der Waals surface area contributed by atoms with E-state index in [-0.39, 0.29) is 16.5 Å². The van der Waals surface area contributed by atoms with Crippen LogP contribution >= 0.6 is 23.2 Å². The fraction of sp³-hybridized carbons (Fsp3) is 0. The molecule has 0 atom stereocenters. The molecule has 0 aliphatic heterocycles. The van der Waals surface area contributed by atoms with Crippen molar-refractivity contribution in [1.29, 1.82) is 0 Å². The highest BCUT2D eigenvalue weighted by Gasteiger charge is 2.14. The lowest BCUT2D eigenvalue weighted by Crippen LogP contribution is -2.11. The van der Waals surface area contributed by atoms with Gasteiger partial charge in [-0.3, -0.25) is 4.98 Å². The molecule has 0 spiro atoms. The van der Waals surface area contributed by atoms with E-state index in [0.29, 0.717) is 16.1 Å². The molecule has 0 unspecified atom stereocenters. The van der Waals surface area contributed by atoms with Gasteiger partial charge >= 0.3 is 5.97 Å². The van der Waals surface area contributed by atoms with Crippen molar-refractivity contribution in [2.24, 2.45) is 0 Å². The molecule has 0 amide bonds. The second kappa shape index (κ2) is 5.68. The molecule has 0 radical (unpaired) electrons. The zero-order valence-corrected chi connectivity index (χ0v) is 12.1. The Hall–Kier alpha value is -2.17. The van der Waals surface area contributed by atoms with Gasteiger partial charge in [-0.1, -0.05) is 41.4 Å². The summed E-state index contributed by atoms with van der Waals surface area (Å²) in [4.78, 5) is 20.5. The molecule has 1 aromatic heterocycles. The predicted molar refractivity (Wildman–Crippen MR) is 81.0 cm³/mol. The van der Waals surface area contributed by atoms with Gasteiger partial charge in [0.25, 0.3) is 0 Å². The van der Waals surface area contributed by atoms with Gasteiger partial charge in [-0.25, -0.2) is 9.78 Å². The highest BCUT2D eigenvalue weighted by Crippen LogP contribution is 2.31. The van der Waals surface area contributed by atoms with Crippen LogP contribution in [0.3, 0.4) is 0 Å². The number of para-hydroxylation sites is 2. The Bertz CT molecular complexity index is 837. The Morgan fingerprint density at radius 3 is 2.57 bits per heavy atom. The quantitative estimate of drug-likeness (QED) is 0.526. The molecule has 6 heteroatoms. The first-order valence-corrected chi connectivity index (χ1v) is 6.79. The molecule has 0 saturated heterocycles. The second-order valence-electron chi connectivity index (χ2n) is 4.19. The first-order valence-electron chi connectivity index (χ1n) is 6.03. The minimum Gasteiger partial charge on any atom is -0.420 e. The van der Waals surface area contributed by atoms with E-state index in [1.54, 1.807) is 24.3 Å². The van der Waals surface area contributed by atoms with Crippen LogP contribution < -0.4 is 4.74 Å². The SMILES string of the molecule is O=C(Oc1cccc(Cl)c1Cl)c1cnc2ccccc2n1. The normalized spacial score (nSPS) is 10.6. The van der Waals surface area contributed by atoms with Crippen LogP contribution in [0.25, 0.3) is 11.0 Å². The number of rotatable bonds is 2. The highest BCUT2D eigenvalue weighted by molar-refractivity contribution is 6.43. The van der Waals surface area contributed by atoms with Gasteiger partial charge in [-0.2, -0.15) is 0 Å². The number of ether oxygens (including phenoxy) is 1. The Kier molecular flexibility index (Phi) is 3.73. The van der Waals surface area contributed by atoms with Gasteiger partial charge in [0.1, 0.15) is 5.02 Å². The number of benzene rings is 2. The smallest absolute Gasteiger partial charge is 0.364 e. The molecule has 0 aliphatic carbocycles. The summed E-state index contributed by atoms with van der Waals surface area (Å²) in [6.45, 7) is 0. The molecule has 104 valence electrons. The van der Waals surface area contributed by atoms with Crippen molar-refractivity contribution in [2.75, 3.05) is 0 Å². The van der Waals surface area contributed by atoms with Gasteiger partial charge in [0.2, 0.25) is 0 Å². The molecule has 1 heterocycles. The lowest BCUT2D eigenvalue weighted by Gasteiger charge is -2.06. The number of hydrogen-bond acceptors (Lipinski definition) is 4. The summed E-state index contributed by atoms with van der Waals surface area (Å²) in [5.41, 5.74) is 1.42. The number of nitrogens with zero attached hydrogens (tertiary/aromatic N) is 2. The number of fused-ring (bicyclic) bond motifs is 1. The standard InChI is InChI=1S/C15H8Cl2N2O2/c16-9-4-3-7-13(14(9)17)21-15(20)12-8-18-10-5-1-2-6-11(10)19-12/h1-8H. The molecule has 0 saturated carbocycles. The van der Waals surface area contributed by atoms with Crippen LogP contribution in [0.2, 0.25) is 10.0 Å². The van der Waals surface area contributed by atoms with E-state index in [9.17, 15) is 4.79 Å². The first-order chi connectivity index (χ1) is 10.1. The van der Waals surface area contributed by atoms with E-state index in [4.69, 9.17) is 27.9 Å². The Labute approximate surface area is 130 Å². The minimum absolute atomic E-state index is 0.102. The van der Waals surface area contributed by atoms with E-state index >= 15 is 0 Å². The van der Waals surface area contributed by atoms with Crippen LogP contribution in [0.1, 0.15) is 10.5 Å². The van der Waals surface area contributed by atoms with Gasteiger partial charge in [0, 0.05) is 0 Å². The Balaban J connectivity index is 1.91. The van der Waals surface area contributed by atoms with Crippen LogP contribution in [-0.4, -0.2) is 15.9 Å². The first kappa shape index (κ1) is 13.8. The maximum absolute atomic E-state index is 12.1. The Morgan fingerprint density at radius 2 is 1.76 bits per heavy atom. The van der Waals surface area contributed by atoms with E-state index < -0.39 is 5.97 Å². The highest BCUT2D eigenvalue weighted by atomic mass is 35.5. The maximum Gasteiger partial charge on any atom is 0.364 e. The van der Waals surface area contributed by atoms with Crippen molar-refractivity contribution in [3.63, 3.8) is 0 Å². The average molecular weight is 319 g/mol. The van der Waals surface area contributed by atoms with Crippen LogP contribution in [0.5, 0.6) is 5.75 Å². The van der Waals surface area contributed by atoms with Crippen molar-refractivity contribution in [2.45, 2.75) is 0 Å². The summed E-state index contributed by atoms with van der Waals surface area (Å²) in [6.07, 6.45) is 1.36. The molecule has 2 aromatic carbocycles. The third-order valence-corrected chi connectivity index (χ3v) is 3.58. The van der Waals surface area contributed by atoms with Crippen LogP contribution in [0.4, 0.5) is 0 Å². The van der Waals surface area contributed by atoms with E-state index in [1.165, 1.54) is 6.20 Å². The number of carbonyl (C=O) groups is 1.